The summed E-state index contributed by atoms with van der Waals surface area (Å²) in [4.78, 5) is 23.5. The van der Waals surface area contributed by atoms with Crippen LogP contribution in [0.15, 0.2) is 30.7 Å². The van der Waals surface area contributed by atoms with Crippen LogP contribution in [-0.4, -0.2) is 28.0 Å². The number of carbonyl (C=O) groups is 1. The summed E-state index contributed by atoms with van der Waals surface area (Å²) in [5.74, 6) is -0.0586. The number of aromatic nitrogens is 3. The first kappa shape index (κ1) is 12.0. The average Bonchev–Trinajstić information content (AvgIpc) is 2.41. The highest BCUT2D eigenvalue weighted by Gasteiger charge is 2.08. The van der Waals surface area contributed by atoms with Gasteiger partial charge >= 0.3 is 5.97 Å². The zero-order chi connectivity index (χ0) is 13.0. The molecule has 6 heteroatoms. The van der Waals surface area contributed by atoms with Crippen LogP contribution in [0.1, 0.15) is 16.2 Å². The highest BCUT2D eigenvalue weighted by Crippen LogP contribution is 2.13. The highest BCUT2D eigenvalue weighted by molar-refractivity contribution is 5.87. The fourth-order valence-electron chi connectivity index (χ4n) is 1.32. The van der Waals surface area contributed by atoms with Crippen molar-refractivity contribution >= 4 is 17.5 Å². The van der Waals surface area contributed by atoms with E-state index in [9.17, 15) is 4.79 Å². The quantitative estimate of drug-likeness (QED) is 0.828. The Bertz CT molecular complexity index is 554. The predicted molar refractivity (Wildman–Crippen MR) is 65.6 cm³/mol. The Morgan fingerprint density at radius 3 is 2.78 bits per heavy atom. The monoisotopic (exact) mass is 244 g/mol. The van der Waals surface area contributed by atoms with E-state index in [-0.39, 0.29) is 5.69 Å². The molecule has 0 aliphatic heterocycles. The number of hydrogen-bond acceptors (Lipinski definition) is 6. The van der Waals surface area contributed by atoms with Gasteiger partial charge < -0.3 is 10.1 Å². The molecular weight excluding hydrogens is 232 g/mol. The molecule has 0 saturated heterocycles. The first-order valence-corrected chi connectivity index (χ1v) is 5.29. The van der Waals surface area contributed by atoms with Crippen LogP contribution < -0.4 is 5.32 Å². The molecule has 0 amide bonds. The molecule has 1 N–H and O–H groups in total. The van der Waals surface area contributed by atoms with Crippen molar-refractivity contribution in [3.05, 3.63) is 42.1 Å². The van der Waals surface area contributed by atoms with Crippen LogP contribution in [0.4, 0.5) is 11.5 Å². The number of nitrogens with one attached hydrogen (secondary N) is 1. The third-order valence-corrected chi connectivity index (χ3v) is 2.21. The summed E-state index contributed by atoms with van der Waals surface area (Å²) in [6, 6.07) is 3.74. The fraction of sp³-hybridized carbons (Fsp3) is 0.167. The molecule has 2 rings (SSSR count). The van der Waals surface area contributed by atoms with Crippen LogP contribution >= 0.6 is 0 Å². The van der Waals surface area contributed by atoms with Crippen LogP contribution in [-0.2, 0) is 4.74 Å². The predicted octanol–water partition coefficient (Wildman–Crippen LogP) is 1.71. The number of rotatable bonds is 3. The minimum Gasteiger partial charge on any atom is -0.464 e. The number of methoxy groups -OCH3 is 1. The summed E-state index contributed by atoms with van der Waals surface area (Å²) in [5.41, 5.74) is 1.86. The first-order chi connectivity index (χ1) is 8.69. The second-order valence-electron chi connectivity index (χ2n) is 3.59. The van der Waals surface area contributed by atoms with E-state index >= 15 is 0 Å². The topological polar surface area (TPSA) is 77.0 Å². The van der Waals surface area contributed by atoms with Gasteiger partial charge in [-0.05, 0) is 19.1 Å². The van der Waals surface area contributed by atoms with E-state index in [0.29, 0.717) is 5.82 Å². The number of nitrogens with zero attached hydrogens (tertiary/aromatic N) is 3. The van der Waals surface area contributed by atoms with Gasteiger partial charge in [-0.15, -0.1) is 0 Å². The zero-order valence-electron chi connectivity index (χ0n) is 10.0. The summed E-state index contributed by atoms with van der Waals surface area (Å²) in [5, 5.41) is 3.01. The molecule has 0 fully saturated rings. The third kappa shape index (κ3) is 2.79. The summed E-state index contributed by atoms with van der Waals surface area (Å²) >= 11 is 0. The van der Waals surface area contributed by atoms with Crippen LogP contribution in [0.2, 0.25) is 0 Å². The van der Waals surface area contributed by atoms with Gasteiger partial charge in [-0.25, -0.2) is 9.78 Å². The Labute approximate surface area is 104 Å². The standard InChI is InChI=1S/C12H12N4O2/c1-8-3-4-9(5-14-8)15-11-7-13-6-10(16-11)12(17)18-2/h3-7H,1-2H3,(H,15,16). The van der Waals surface area contributed by atoms with Gasteiger partial charge in [0.25, 0.3) is 0 Å². The molecule has 0 aliphatic carbocycles. The molecule has 0 saturated carbocycles. The van der Waals surface area contributed by atoms with Crippen molar-refractivity contribution in [3.63, 3.8) is 0 Å². The van der Waals surface area contributed by atoms with Crippen LogP contribution in [0.25, 0.3) is 0 Å². The molecule has 2 aromatic heterocycles. The lowest BCUT2D eigenvalue weighted by Crippen LogP contribution is -2.06. The van der Waals surface area contributed by atoms with E-state index < -0.39 is 5.97 Å². The Kier molecular flexibility index (Phi) is 3.47. The van der Waals surface area contributed by atoms with Crippen LogP contribution in [0, 0.1) is 6.92 Å². The minimum atomic E-state index is -0.520. The summed E-state index contributed by atoms with van der Waals surface area (Å²) in [7, 11) is 1.30. The van der Waals surface area contributed by atoms with Crippen molar-refractivity contribution < 1.29 is 9.53 Å². The summed E-state index contributed by atoms with van der Waals surface area (Å²) < 4.78 is 4.58. The molecule has 0 bridgehead atoms. The smallest absolute Gasteiger partial charge is 0.358 e. The molecule has 18 heavy (non-hydrogen) atoms. The van der Waals surface area contributed by atoms with Crippen molar-refractivity contribution in [2.75, 3.05) is 12.4 Å². The number of aryl methyl sites for hydroxylation is 1. The van der Waals surface area contributed by atoms with E-state index in [0.717, 1.165) is 11.4 Å². The second kappa shape index (κ2) is 5.22. The normalized spacial score (nSPS) is 9.89. The van der Waals surface area contributed by atoms with Gasteiger partial charge in [0, 0.05) is 5.69 Å². The molecule has 0 aromatic carbocycles. The van der Waals surface area contributed by atoms with E-state index in [1.807, 2.05) is 19.1 Å². The lowest BCUT2D eigenvalue weighted by molar-refractivity contribution is 0.0593. The van der Waals surface area contributed by atoms with Gasteiger partial charge in [-0.1, -0.05) is 0 Å². The Morgan fingerprint density at radius 2 is 2.11 bits per heavy atom. The van der Waals surface area contributed by atoms with Crippen molar-refractivity contribution in [1.82, 2.24) is 15.0 Å². The molecule has 0 spiro atoms. The number of carbonyl (C=O) groups excluding carboxylic acids is 1. The molecule has 6 nitrogen and oxygen atoms in total. The van der Waals surface area contributed by atoms with Crippen molar-refractivity contribution in [1.29, 1.82) is 0 Å². The largest absolute Gasteiger partial charge is 0.464 e. The maximum absolute atomic E-state index is 11.3. The SMILES string of the molecule is COC(=O)c1cncc(Nc2ccc(C)nc2)n1. The lowest BCUT2D eigenvalue weighted by atomic mass is 10.3. The summed E-state index contributed by atoms with van der Waals surface area (Å²) in [6.07, 6.45) is 4.55. The number of esters is 1. The van der Waals surface area contributed by atoms with Gasteiger partial charge in [0.05, 0.1) is 31.4 Å². The molecule has 0 aliphatic rings. The number of pyridine rings is 1. The van der Waals surface area contributed by atoms with E-state index in [4.69, 9.17) is 0 Å². The van der Waals surface area contributed by atoms with Gasteiger partial charge in [-0.2, -0.15) is 0 Å². The van der Waals surface area contributed by atoms with Crippen LogP contribution in [0.3, 0.4) is 0 Å². The molecule has 0 unspecified atom stereocenters. The van der Waals surface area contributed by atoms with Crippen molar-refractivity contribution in [2.24, 2.45) is 0 Å². The first-order valence-electron chi connectivity index (χ1n) is 5.29. The lowest BCUT2D eigenvalue weighted by Gasteiger charge is -2.05. The van der Waals surface area contributed by atoms with Gasteiger partial charge in [0.2, 0.25) is 0 Å². The number of hydrogen-bond donors (Lipinski definition) is 1. The number of ether oxygens (including phenoxy) is 1. The van der Waals surface area contributed by atoms with Gasteiger partial charge in [0.15, 0.2) is 5.69 Å². The third-order valence-electron chi connectivity index (χ3n) is 2.21. The van der Waals surface area contributed by atoms with Gasteiger partial charge in [0.1, 0.15) is 5.82 Å². The van der Waals surface area contributed by atoms with Gasteiger partial charge in [-0.3, -0.25) is 9.97 Å². The average molecular weight is 244 g/mol. The maximum Gasteiger partial charge on any atom is 0.358 e. The second-order valence-corrected chi connectivity index (χ2v) is 3.59. The number of anilines is 2. The Balaban J connectivity index is 2.19. The Morgan fingerprint density at radius 1 is 1.28 bits per heavy atom. The van der Waals surface area contributed by atoms with Crippen LogP contribution in [0.5, 0.6) is 0 Å². The molecule has 0 radical (unpaired) electrons. The molecule has 92 valence electrons. The van der Waals surface area contributed by atoms with E-state index in [2.05, 4.69) is 25.0 Å². The minimum absolute atomic E-state index is 0.155. The van der Waals surface area contributed by atoms with Crippen molar-refractivity contribution in [3.8, 4) is 0 Å². The van der Waals surface area contributed by atoms with E-state index in [1.165, 1.54) is 19.5 Å². The highest BCUT2D eigenvalue weighted by atomic mass is 16.5. The molecule has 0 atom stereocenters. The molecule has 2 heterocycles. The van der Waals surface area contributed by atoms with Crippen molar-refractivity contribution in [2.45, 2.75) is 6.92 Å². The van der Waals surface area contributed by atoms with E-state index in [1.54, 1.807) is 6.20 Å². The zero-order valence-corrected chi connectivity index (χ0v) is 10.0. The summed E-state index contributed by atoms with van der Waals surface area (Å²) in [6.45, 7) is 1.90. The maximum atomic E-state index is 11.3. The molecule has 2 aromatic rings. The fourth-order valence-corrected chi connectivity index (χ4v) is 1.32. The Hall–Kier alpha value is -2.50. The molecular formula is C12H12N4O2.